The third-order valence-corrected chi connectivity index (χ3v) is 5.52. The number of benzene rings is 1. The number of Topliss-reactive ketones (excluding diaryl/α,β-unsaturated/α-hetero) is 1. The second-order valence-electron chi connectivity index (χ2n) is 8.25. The second kappa shape index (κ2) is 6.70. The SMILES string of the molecule is Cc1cc2c(cc1N)C(CC(=O)C1CCCCCC1)=NC(C)(C)C2. The summed E-state index contributed by atoms with van der Waals surface area (Å²) < 4.78 is 0. The summed E-state index contributed by atoms with van der Waals surface area (Å²) in [5.74, 6) is 0.602. The fourth-order valence-corrected chi connectivity index (χ4v) is 4.18. The fraction of sp³-hybridized carbons (Fsp3) is 0.619. The van der Waals surface area contributed by atoms with E-state index in [4.69, 9.17) is 10.7 Å². The van der Waals surface area contributed by atoms with Crippen LogP contribution < -0.4 is 5.73 Å². The first kappa shape index (κ1) is 17.2. The lowest BCUT2D eigenvalue weighted by Gasteiger charge is -2.30. The topological polar surface area (TPSA) is 55.5 Å². The minimum Gasteiger partial charge on any atom is -0.398 e. The number of ketones is 1. The Morgan fingerprint density at radius 2 is 1.88 bits per heavy atom. The van der Waals surface area contributed by atoms with E-state index in [1.165, 1.54) is 31.2 Å². The lowest BCUT2D eigenvalue weighted by Crippen LogP contribution is -2.31. The lowest BCUT2D eigenvalue weighted by atomic mass is 9.83. The van der Waals surface area contributed by atoms with E-state index in [1.54, 1.807) is 0 Å². The minimum absolute atomic E-state index is 0.144. The van der Waals surface area contributed by atoms with Gasteiger partial charge in [0, 0.05) is 23.6 Å². The van der Waals surface area contributed by atoms with Gasteiger partial charge in [-0.15, -0.1) is 0 Å². The molecule has 0 radical (unpaired) electrons. The zero-order valence-electron chi connectivity index (χ0n) is 15.3. The monoisotopic (exact) mass is 326 g/mol. The van der Waals surface area contributed by atoms with E-state index in [2.05, 4.69) is 19.9 Å². The Morgan fingerprint density at radius 3 is 2.54 bits per heavy atom. The number of anilines is 1. The Hall–Kier alpha value is -1.64. The van der Waals surface area contributed by atoms with E-state index in [0.717, 1.165) is 41.8 Å². The van der Waals surface area contributed by atoms with Crippen molar-refractivity contribution >= 4 is 17.2 Å². The number of aryl methyl sites for hydroxylation is 1. The molecular formula is C21H30N2O. The molecule has 24 heavy (non-hydrogen) atoms. The van der Waals surface area contributed by atoms with E-state index in [-0.39, 0.29) is 11.5 Å². The van der Waals surface area contributed by atoms with E-state index in [9.17, 15) is 4.79 Å². The van der Waals surface area contributed by atoms with E-state index < -0.39 is 0 Å². The summed E-state index contributed by atoms with van der Waals surface area (Å²) in [6.07, 6.45) is 8.41. The summed E-state index contributed by atoms with van der Waals surface area (Å²) in [7, 11) is 0. The Morgan fingerprint density at radius 1 is 1.21 bits per heavy atom. The number of hydrogen-bond acceptors (Lipinski definition) is 3. The molecule has 1 aliphatic carbocycles. The van der Waals surface area contributed by atoms with Crippen molar-refractivity contribution in [1.82, 2.24) is 0 Å². The van der Waals surface area contributed by atoms with Crippen molar-refractivity contribution in [3.8, 4) is 0 Å². The molecule has 0 atom stereocenters. The molecule has 2 aliphatic rings. The maximum Gasteiger partial charge on any atom is 0.141 e. The molecule has 3 heteroatoms. The molecule has 1 saturated carbocycles. The number of carbonyl (C=O) groups is 1. The van der Waals surface area contributed by atoms with Gasteiger partial charge in [-0.05, 0) is 57.2 Å². The van der Waals surface area contributed by atoms with Crippen LogP contribution in [0.5, 0.6) is 0 Å². The number of hydrogen-bond donors (Lipinski definition) is 1. The summed E-state index contributed by atoms with van der Waals surface area (Å²) in [6.45, 7) is 6.35. The van der Waals surface area contributed by atoms with Gasteiger partial charge in [0.25, 0.3) is 0 Å². The third kappa shape index (κ3) is 3.71. The number of nitrogen functional groups attached to an aromatic ring is 1. The fourth-order valence-electron chi connectivity index (χ4n) is 4.18. The first-order chi connectivity index (χ1) is 11.4. The summed E-state index contributed by atoms with van der Waals surface area (Å²) in [6, 6.07) is 4.20. The highest BCUT2D eigenvalue weighted by Crippen LogP contribution is 2.32. The van der Waals surface area contributed by atoms with Gasteiger partial charge in [-0.25, -0.2) is 0 Å². The highest BCUT2D eigenvalue weighted by molar-refractivity contribution is 6.13. The highest BCUT2D eigenvalue weighted by Gasteiger charge is 2.30. The van der Waals surface area contributed by atoms with E-state index in [1.807, 2.05) is 13.0 Å². The molecule has 0 bridgehead atoms. The Kier molecular flexibility index (Phi) is 4.80. The van der Waals surface area contributed by atoms with Crippen molar-refractivity contribution in [1.29, 1.82) is 0 Å². The first-order valence-electron chi connectivity index (χ1n) is 9.36. The van der Waals surface area contributed by atoms with Crippen LogP contribution in [0.1, 0.15) is 75.5 Å². The van der Waals surface area contributed by atoms with Crippen LogP contribution in [-0.4, -0.2) is 17.0 Å². The average Bonchev–Trinajstić information content (AvgIpc) is 2.77. The summed E-state index contributed by atoms with van der Waals surface area (Å²) in [5, 5.41) is 0. The maximum absolute atomic E-state index is 12.9. The third-order valence-electron chi connectivity index (χ3n) is 5.52. The Balaban J connectivity index is 1.87. The van der Waals surface area contributed by atoms with Gasteiger partial charge in [-0.1, -0.05) is 31.7 Å². The van der Waals surface area contributed by atoms with E-state index >= 15 is 0 Å². The van der Waals surface area contributed by atoms with Gasteiger partial charge in [0.15, 0.2) is 0 Å². The van der Waals surface area contributed by atoms with Gasteiger partial charge >= 0.3 is 0 Å². The number of nitrogens with zero attached hydrogens (tertiary/aromatic N) is 1. The largest absolute Gasteiger partial charge is 0.398 e. The van der Waals surface area contributed by atoms with Crippen LogP contribution in [-0.2, 0) is 11.2 Å². The van der Waals surface area contributed by atoms with Gasteiger partial charge in [0.1, 0.15) is 5.78 Å². The predicted octanol–water partition coefficient (Wildman–Crippen LogP) is 4.63. The Labute approximate surface area is 145 Å². The smallest absolute Gasteiger partial charge is 0.141 e. The number of nitrogens with two attached hydrogens (primary N) is 1. The molecule has 1 fully saturated rings. The molecule has 3 rings (SSSR count). The molecule has 1 aliphatic heterocycles. The molecule has 1 heterocycles. The number of aliphatic imine (C=N–C) groups is 1. The lowest BCUT2D eigenvalue weighted by molar-refractivity contribution is -0.122. The normalized spacial score (nSPS) is 20.9. The van der Waals surface area contributed by atoms with Crippen LogP contribution in [0.4, 0.5) is 5.69 Å². The molecule has 1 aromatic rings. The number of rotatable bonds is 3. The van der Waals surface area contributed by atoms with Crippen molar-refractivity contribution in [2.24, 2.45) is 10.9 Å². The second-order valence-corrected chi connectivity index (χ2v) is 8.25. The van der Waals surface area contributed by atoms with Crippen LogP contribution in [0.2, 0.25) is 0 Å². The molecule has 0 saturated heterocycles. The zero-order valence-corrected chi connectivity index (χ0v) is 15.3. The molecule has 0 spiro atoms. The standard InChI is InChI=1S/C21H30N2O/c1-14-10-16-13-21(2,3)23-19(17(16)11-18(14)22)12-20(24)15-8-6-4-5-7-9-15/h10-11,15H,4-9,12-13,22H2,1-3H3. The molecule has 1 aromatic carbocycles. The van der Waals surface area contributed by atoms with E-state index in [0.29, 0.717) is 12.2 Å². The number of carbonyl (C=O) groups excluding carboxylic acids is 1. The van der Waals surface area contributed by atoms with Gasteiger partial charge in [-0.2, -0.15) is 0 Å². The van der Waals surface area contributed by atoms with Crippen LogP contribution in [0, 0.1) is 12.8 Å². The van der Waals surface area contributed by atoms with Gasteiger partial charge in [0.2, 0.25) is 0 Å². The molecule has 3 nitrogen and oxygen atoms in total. The van der Waals surface area contributed by atoms with Crippen LogP contribution >= 0.6 is 0 Å². The molecule has 0 amide bonds. The van der Waals surface area contributed by atoms with Crippen LogP contribution in [0.3, 0.4) is 0 Å². The quantitative estimate of drug-likeness (QED) is 0.650. The van der Waals surface area contributed by atoms with Gasteiger partial charge < -0.3 is 5.73 Å². The Bertz CT molecular complexity index is 665. The molecule has 0 unspecified atom stereocenters. The molecular weight excluding hydrogens is 296 g/mol. The maximum atomic E-state index is 12.9. The molecule has 2 N–H and O–H groups in total. The van der Waals surface area contributed by atoms with Crippen LogP contribution in [0.15, 0.2) is 17.1 Å². The summed E-state index contributed by atoms with van der Waals surface area (Å²) in [4.78, 5) is 17.8. The van der Waals surface area contributed by atoms with Crippen LogP contribution in [0.25, 0.3) is 0 Å². The van der Waals surface area contributed by atoms with Crippen molar-refractivity contribution in [2.75, 3.05) is 5.73 Å². The average molecular weight is 326 g/mol. The molecule has 130 valence electrons. The highest BCUT2D eigenvalue weighted by atomic mass is 16.1. The summed E-state index contributed by atoms with van der Waals surface area (Å²) >= 11 is 0. The van der Waals surface area contributed by atoms with Crippen molar-refractivity contribution in [3.63, 3.8) is 0 Å². The number of fused-ring (bicyclic) bond motifs is 1. The predicted molar refractivity (Wildman–Crippen MR) is 101 cm³/mol. The van der Waals surface area contributed by atoms with Crippen molar-refractivity contribution < 1.29 is 4.79 Å². The zero-order chi connectivity index (χ0) is 17.3. The van der Waals surface area contributed by atoms with Crippen molar-refractivity contribution in [2.45, 2.75) is 77.7 Å². The van der Waals surface area contributed by atoms with Gasteiger partial charge in [0.05, 0.1) is 11.3 Å². The van der Waals surface area contributed by atoms with Crippen molar-refractivity contribution in [3.05, 3.63) is 28.8 Å². The summed E-state index contributed by atoms with van der Waals surface area (Å²) in [5.41, 5.74) is 11.2. The van der Waals surface area contributed by atoms with Gasteiger partial charge in [-0.3, -0.25) is 9.79 Å². The minimum atomic E-state index is -0.144. The first-order valence-corrected chi connectivity index (χ1v) is 9.36. The molecule has 0 aromatic heterocycles.